The van der Waals surface area contributed by atoms with E-state index in [2.05, 4.69) is 92.2 Å². The number of quaternary nitrogens is 1. The number of rotatable bonds is 4. The molecule has 4 fully saturated rings. The van der Waals surface area contributed by atoms with Gasteiger partial charge in [0.2, 0.25) is 0 Å². The Kier molecular flexibility index (Phi) is 10.4. The summed E-state index contributed by atoms with van der Waals surface area (Å²) in [5, 5.41) is 42.9. The lowest BCUT2D eigenvalue weighted by Crippen LogP contribution is -2.68. The maximum Gasteiger partial charge on any atom is 0.310 e. The van der Waals surface area contributed by atoms with Crippen LogP contribution < -0.4 is 0 Å². The Bertz CT molecular complexity index is 1310. The molecule has 5 aliphatic rings. The van der Waals surface area contributed by atoms with Gasteiger partial charge >= 0.3 is 5.97 Å². The van der Waals surface area contributed by atoms with Gasteiger partial charge in [0.05, 0.1) is 45.4 Å². The highest BCUT2D eigenvalue weighted by Gasteiger charge is 2.70. The first-order valence-corrected chi connectivity index (χ1v) is 18.1. The van der Waals surface area contributed by atoms with Gasteiger partial charge in [-0.05, 0) is 97.2 Å². The number of nitrogens with zero attached hydrogens (tertiary/aromatic N) is 1. The molecule has 0 radical (unpaired) electrons. The maximum absolute atomic E-state index is 12.8. The Hall–Kier alpha value is -1.77. The van der Waals surface area contributed by atoms with Crippen molar-refractivity contribution in [2.45, 2.75) is 112 Å². The van der Waals surface area contributed by atoms with Gasteiger partial charge in [-0.3, -0.25) is 4.79 Å². The smallest absolute Gasteiger partial charge is 0.310 e. The van der Waals surface area contributed by atoms with Crippen LogP contribution >= 0.6 is 0 Å². The summed E-state index contributed by atoms with van der Waals surface area (Å²) >= 11 is 0. The van der Waals surface area contributed by atoms with E-state index in [1.807, 2.05) is 6.92 Å². The minimum atomic E-state index is -0.907. The average Bonchev–Trinajstić information content (AvgIpc) is 2.98. The average molecular weight is 656 g/mol. The number of carboxylic acids is 1. The van der Waals surface area contributed by atoms with Gasteiger partial charge < -0.3 is 30.4 Å². The van der Waals surface area contributed by atoms with Gasteiger partial charge in [0.1, 0.15) is 6.54 Å². The third kappa shape index (κ3) is 5.84. The van der Waals surface area contributed by atoms with E-state index >= 15 is 0 Å². The Morgan fingerprint density at radius 1 is 0.915 bits per heavy atom. The first-order chi connectivity index (χ1) is 21.3. The van der Waals surface area contributed by atoms with E-state index in [4.69, 9.17) is 0 Å². The van der Waals surface area contributed by atoms with Gasteiger partial charge in [0, 0.05) is 11.0 Å². The van der Waals surface area contributed by atoms with Crippen LogP contribution in [0, 0.1) is 56.7 Å². The summed E-state index contributed by atoms with van der Waals surface area (Å²) in [6.07, 6.45) is 7.51. The summed E-state index contributed by atoms with van der Waals surface area (Å²) in [7, 11) is 6.60. The summed E-state index contributed by atoms with van der Waals surface area (Å²) in [5.41, 5.74) is 1.19. The van der Waals surface area contributed by atoms with Crippen LogP contribution in [0.5, 0.6) is 0 Å². The molecule has 47 heavy (non-hydrogen) atoms. The molecule has 0 spiro atoms. The topological polar surface area (TPSA) is 128 Å². The predicted molar refractivity (Wildman–Crippen MR) is 186 cm³/mol. The molecule has 266 valence electrons. The lowest BCUT2D eigenvalue weighted by atomic mass is 9.33. The number of hydrogen-bond acceptors (Lipinski definition) is 5. The zero-order valence-corrected chi connectivity index (χ0v) is 30.7. The first kappa shape index (κ1) is 38.0. The third-order valence-electron chi connectivity index (χ3n) is 15.0. The second-order valence-corrected chi connectivity index (χ2v) is 18.4. The van der Waals surface area contributed by atoms with Crippen molar-refractivity contribution in [1.82, 2.24) is 0 Å². The lowest BCUT2D eigenvalue weighted by Gasteiger charge is -2.71. The molecule has 7 heteroatoms. The van der Waals surface area contributed by atoms with E-state index in [0.29, 0.717) is 24.2 Å². The minimum absolute atomic E-state index is 0. The molecule has 12 atom stereocenters. The van der Waals surface area contributed by atoms with Crippen molar-refractivity contribution >= 4 is 5.97 Å². The highest BCUT2D eigenvalue weighted by atomic mass is 16.4. The third-order valence-corrected chi connectivity index (χ3v) is 15.0. The summed E-state index contributed by atoms with van der Waals surface area (Å²) in [6.45, 7) is 14.7. The zero-order chi connectivity index (χ0) is 34.1. The Morgan fingerprint density at radius 2 is 1.55 bits per heavy atom. The van der Waals surface area contributed by atoms with Crippen LogP contribution in [0.4, 0.5) is 0 Å². The molecule has 4 saturated carbocycles. The van der Waals surface area contributed by atoms with Crippen molar-refractivity contribution in [3.05, 3.63) is 47.5 Å². The van der Waals surface area contributed by atoms with Crippen molar-refractivity contribution in [1.29, 1.82) is 0 Å². The number of hydrogen-bond donors (Lipinski definition) is 4. The van der Waals surface area contributed by atoms with Gasteiger partial charge in [-0.2, -0.15) is 0 Å². The molecule has 1 aromatic rings. The van der Waals surface area contributed by atoms with Gasteiger partial charge in [-0.25, -0.2) is 0 Å². The van der Waals surface area contributed by atoms with Gasteiger partial charge in [-0.15, -0.1) is 0 Å². The van der Waals surface area contributed by atoms with Crippen molar-refractivity contribution in [3.8, 4) is 0 Å². The molecule has 0 amide bonds. The molecule has 0 bridgehead atoms. The summed E-state index contributed by atoms with van der Waals surface area (Å²) < 4.78 is 0.990. The lowest BCUT2D eigenvalue weighted by molar-refractivity contribution is -0.884. The maximum atomic E-state index is 12.8. The standard InChI is InChI=1S/C30H48O5.C10H16N.H2O/c1-17-9-12-30(25(34)35)14-13-28(5)19(23(30)18(17)2)7-8-22-26(3)15-20(32)24(33)27(4,16-31)21(26)10-11-29(22,28)6;1-11(2,3)9-10-7-5-4-6-8-10;/h7,17-18,20-24,31-33H,8-16H2,1-6H3,(H,34,35);4-8H,9H2,1-3H3;1H2/q;+1;/p-1/t17-,18+,20-,21-,22-,23+,24+,26+,27+,28-,29-,30+;;/m1../s1. The largest absolute Gasteiger partial charge is 0.870 e. The van der Waals surface area contributed by atoms with Crippen LogP contribution in [0.15, 0.2) is 42.0 Å². The van der Waals surface area contributed by atoms with Crippen LogP contribution in [0.3, 0.4) is 0 Å². The fourth-order valence-corrected chi connectivity index (χ4v) is 12.1. The molecule has 7 nitrogen and oxygen atoms in total. The zero-order valence-electron chi connectivity index (χ0n) is 30.7. The highest BCUT2D eigenvalue weighted by molar-refractivity contribution is 5.76. The molecule has 0 saturated heterocycles. The number of aliphatic carboxylic acids is 1. The Balaban J connectivity index is 0.000000356. The molecule has 1 aromatic carbocycles. The molecule has 0 heterocycles. The predicted octanol–water partition coefficient (Wildman–Crippen LogP) is 6.75. The molecular formula is C40H65NO6. The molecule has 5 aliphatic carbocycles. The van der Waals surface area contributed by atoms with Gasteiger partial charge in [0.15, 0.2) is 0 Å². The van der Waals surface area contributed by atoms with Crippen molar-refractivity contribution < 1.29 is 35.2 Å². The summed E-state index contributed by atoms with van der Waals surface area (Å²) in [6, 6.07) is 10.6. The number of carboxylic acid groups (broad SMARTS) is 1. The monoisotopic (exact) mass is 655 g/mol. The molecule has 0 aliphatic heterocycles. The van der Waals surface area contributed by atoms with Crippen molar-refractivity contribution in [3.63, 3.8) is 0 Å². The SMILES string of the molecule is C[C@H]1[C@H](C)CC[C@]2(C(=O)O)CC[C@]3(C)C(=CC[C@@H]4[C@@]5(C)C[C@@H](O)[C@H](O)[C@@](C)(CO)[C@@H]5CC[C@]43C)[C@H]12.C[N+](C)(C)Cc1ccccc1.[OH-]. The molecule has 6 rings (SSSR count). The molecular weight excluding hydrogens is 590 g/mol. The molecule has 5 N–H and O–H groups in total. The quantitative estimate of drug-likeness (QED) is 0.210. The number of aliphatic hydroxyl groups is 3. The van der Waals surface area contributed by atoms with Crippen LogP contribution in [-0.2, 0) is 11.3 Å². The molecule has 0 aromatic heterocycles. The highest BCUT2D eigenvalue weighted by Crippen LogP contribution is 2.75. The van der Waals surface area contributed by atoms with Crippen LogP contribution in [0.1, 0.15) is 98.5 Å². The second kappa shape index (κ2) is 12.8. The van der Waals surface area contributed by atoms with Crippen molar-refractivity contribution in [2.24, 2.45) is 56.7 Å². The van der Waals surface area contributed by atoms with E-state index in [0.717, 1.165) is 56.0 Å². The number of aliphatic hydroxyl groups excluding tert-OH is 3. The van der Waals surface area contributed by atoms with Crippen LogP contribution in [-0.4, -0.2) is 76.3 Å². The molecule has 0 unspecified atom stereocenters. The van der Waals surface area contributed by atoms with Crippen LogP contribution in [0.2, 0.25) is 0 Å². The fraction of sp³-hybridized carbons (Fsp3) is 0.775. The van der Waals surface area contributed by atoms with E-state index in [-0.39, 0.29) is 40.2 Å². The van der Waals surface area contributed by atoms with Gasteiger partial charge in [-0.1, -0.05) is 83.5 Å². The Labute approximate surface area is 284 Å². The number of allylic oxidation sites excluding steroid dienone is 2. The summed E-state index contributed by atoms with van der Waals surface area (Å²) in [4.78, 5) is 12.8. The van der Waals surface area contributed by atoms with Crippen LogP contribution in [0.25, 0.3) is 0 Å². The minimum Gasteiger partial charge on any atom is -0.870 e. The number of carbonyl (C=O) groups is 1. The van der Waals surface area contributed by atoms with E-state index in [1.165, 1.54) is 11.1 Å². The fourth-order valence-electron chi connectivity index (χ4n) is 12.1. The first-order valence-electron chi connectivity index (χ1n) is 18.1. The van der Waals surface area contributed by atoms with Crippen molar-refractivity contribution in [2.75, 3.05) is 27.7 Å². The van der Waals surface area contributed by atoms with E-state index in [1.54, 1.807) is 0 Å². The van der Waals surface area contributed by atoms with E-state index in [9.17, 15) is 25.2 Å². The summed E-state index contributed by atoms with van der Waals surface area (Å²) in [5.74, 6) is 0.828. The second-order valence-electron chi connectivity index (χ2n) is 18.4. The number of benzene rings is 1. The number of fused-ring (bicyclic) bond motifs is 7. The van der Waals surface area contributed by atoms with Gasteiger partial charge in [0.25, 0.3) is 0 Å². The normalized spacial score (nSPS) is 45.7. The van der Waals surface area contributed by atoms with E-state index < -0.39 is 29.0 Å². The Morgan fingerprint density at radius 3 is 2.13 bits per heavy atom.